The molecule has 3 nitrogen and oxygen atoms in total. The summed E-state index contributed by atoms with van der Waals surface area (Å²) in [6.45, 7) is 7.66. The number of unbranched alkanes of at least 4 members (excludes halogenated alkanes) is 7. The van der Waals surface area contributed by atoms with Gasteiger partial charge in [-0.05, 0) is 18.9 Å². The Morgan fingerprint density at radius 2 is 1.57 bits per heavy atom. The van der Waals surface area contributed by atoms with Gasteiger partial charge in [-0.1, -0.05) is 65.0 Å². The molecule has 0 rings (SSSR count). The number of nitrogens with one attached hydrogen (secondary N) is 1. The van der Waals surface area contributed by atoms with Crippen LogP contribution >= 0.6 is 11.1 Å². The summed E-state index contributed by atoms with van der Waals surface area (Å²) in [6.07, 6.45) is 10.8. The molecule has 0 atom stereocenters. The lowest BCUT2D eigenvalue weighted by Crippen LogP contribution is -2.26. The Morgan fingerprint density at radius 3 is 2.14 bits per heavy atom. The van der Waals surface area contributed by atoms with Crippen LogP contribution in [-0.4, -0.2) is 26.6 Å². The highest BCUT2D eigenvalue weighted by Gasteiger charge is 2.16. The van der Waals surface area contributed by atoms with E-state index < -0.39 is 7.38 Å². The molecule has 0 saturated carbocycles. The zero-order valence-electron chi connectivity index (χ0n) is 14.2. The number of alkyl carbamates (subject to hydrolysis) is 1. The lowest BCUT2D eigenvalue weighted by Gasteiger charge is -2.12. The van der Waals surface area contributed by atoms with Gasteiger partial charge in [-0.3, -0.25) is 0 Å². The number of hydrogen-bond acceptors (Lipinski definition) is 2. The Kier molecular flexibility index (Phi) is 13.3. The van der Waals surface area contributed by atoms with Crippen molar-refractivity contribution >= 4 is 24.6 Å². The van der Waals surface area contributed by atoms with Gasteiger partial charge in [0.15, 0.2) is 7.38 Å². The van der Waals surface area contributed by atoms with Crippen molar-refractivity contribution in [3.05, 3.63) is 0 Å². The minimum atomic E-state index is -1.52. The number of rotatable bonds is 13. The second kappa shape index (κ2) is 13.4. The molecule has 0 aromatic heterocycles. The summed E-state index contributed by atoms with van der Waals surface area (Å²) in [7, 11) is -1.52. The van der Waals surface area contributed by atoms with Crippen LogP contribution in [0.4, 0.5) is 4.79 Å². The third kappa shape index (κ3) is 17.7. The zero-order valence-corrected chi connectivity index (χ0v) is 15.9. The van der Waals surface area contributed by atoms with E-state index in [1.807, 2.05) is 0 Å². The Balaban J connectivity index is 3.23. The highest BCUT2D eigenvalue weighted by Crippen LogP contribution is 2.15. The van der Waals surface area contributed by atoms with E-state index in [0.717, 1.165) is 25.4 Å². The quantitative estimate of drug-likeness (QED) is 0.267. The molecule has 0 spiro atoms. The van der Waals surface area contributed by atoms with Crippen LogP contribution in [0, 0.1) is 0 Å². The van der Waals surface area contributed by atoms with Gasteiger partial charge in [-0.2, -0.15) is 11.1 Å². The fraction of sp³-hybridized carbons (Fsp3) is 0.938. The van der Waals surface area contributed by atoms with Gasteiger partial charge < -0.3 is 10.1 Å². The molecule has 0 aliphatic heterocycles. The van der Waals surface area contributed by atoms with Crippen molar-refractivity contribution in [2.24, 2.45) is 0 Å². The van der Waals surface area contributed by atoms with Gasteiger partial charge in [0.2, 0.25) is 0 Å². The van der Waals surface area contributed by atoms with Crippen LogP contribution in [-0.2, 0) is 4.74 Å². The monoisotopic (exact) mass is 335 g/mol. The van der Waals surface area contributed by atoms with Crippen LogP contribution in [0.25, 0.3) is 0 Å². The third-order valence-electron chi connectivity index (χ3n) is 3.45. The SMILES string of the molecule is CCCCCCCCCCNC(=O)OCCC[Si](C)(C)Cl. The van der Waals surface area contributed by atoms with Gasteiger partial charge >= 0.3 is 6.09 Å². The maximum atomic E-state index is 11.4. The van der Waals surface area contributed by atoms with Crippen LogP contribution in [0.3, 0.4) is 0 Å². The maximum absolute atomic E-state index is 11.4. The first kappa shape index (κ1) is 20.8. The van der Waals surface area contributed by atoms with Crippen molar-refractivity contribution in [2.75, 3.05) is 13.2 Å². The largest absolute Gasteiger partial charge is 0.450 e. The minimum absolute atomic E-state index is 0.285. The molecule has 1 amide bonds. The normalized spacial score (nSPS) is 11.4. The average molecular weight is 336 g/mol. The topological polar surface area (TPSA) is 38.3 Å². The lowest BCUT2D eigenvalue weighted by atomic mass is 10.1. The smallest absolute Gasteiger partial charge is 0.407 e. The summed E-state index contributed by atoms with van der Waals surface area (Å²) in [5, 5.41) is 2.81. The molecular weight excluding hydrogens is 302 g/mol. The highest BCUT2D eigenvalue weighted by molar-refractivity contribution is 7.19. The van der Waals surface area contributed by atoms with Crippen LogP contribution in [0.1, 0.15) is 64.7 Å². The number of amides is 1. The molecule has 5 heteroatoms. The van der Waals surface area contributed by atoms with Crippen molar-refractivity contribution < 1.29 is 9.53 Å². The van der Waals surface area contributed by atoms with Gasteiger partial charge in [0.1, 0.15) is 0 Å². The maximum Gasteiger partial charge on any atom is 0.407 e. The standard InChI is InChI=1S/C16H34ClNO2Si/c1-4-5-6-7-8-9-10-11-13-18-16(19)20-14-12-15-21(2,3)17/h4-15H2,1-3H3,(H,18,19). The van der Waals surface area contributed by atoms with Gasteiger partial charge in [0.25, 0.3) is 0 Å². The van der Waals surface area contributed by atoms with Crippen molar-refractivity contribution in [1.29, 1.82) is 0 Å². The molecule has 21 heavy (non-hydrogen) atoms. The van der Waals surface area contributed by atoms with Gasteiger partial charge in [0, 0.05) is 6.54 Å². The molecule has 0 aliphatic carbocycles. The predicted molar refractivity (Wildman–Crippen MR) is 94.7 cm³/mol. The lowest BCUT2D eigenvalue weighted by molar-refractivity contribution is 0.146. The fourth-order valence-electron chi connectivity index (χ4n) is 2.16. The van der Waals surface area contributed by atoms with Gasteiger partial charge in [-0.15, -0.1) is 0 Å². The molecule has 0 aromatic rings. The number of halogens is 1. The van der Waals surface area contributed by atoms with Crippen molar-refractivity contribution in [2.45, 2.75) is 83.8 Å². The Bertz CT molecular complexity index is 257. The highest BCUT2D eigenvalue weighted by atomic mass is 35.6. The second-order valence-electron chi connectivity index (χ2n) is 6.36. The third-order valence-corrected chi connectivity index (χ3v) is 5.56. The summed E-state index contributed by atoms with van der Waals surface area (Å²) in [5.41, 5.74) is 0. The average Bonchev–Trinajstić information content (AvgIpc) is 2.41. The predicted octanol–water partition coefficient (Wildman–Crippen LogP) is 5.69. The van der Waals surface area contributed by atoms with Crippen molar-refractivity contribution in [3.8, 4) is 0 Å². The van der Waals surface area contributed by atoms with Crippen LogP contribution in [0.15, 0.2) is 0 Å². The first-order chi connectivity index (χ1) is 9.95. The molecule has 1 N–H and O–H groups in total. The summed E-state index contributed by atoms with van der Waals surface area (Å²) >= 11 is 6.20. The molecule has 0 aromatic carbocycles. The zero-order chi connectivity index (χ0) is 16.0. The molecule has 0 heterocycles. The number of carbonyl (C=O) groups is 1. The molecule has 0 bridgehead atoms. The van der Waals surface area contributed by atoms with E-state index in [1.54, 1.807) is 0 Å². The van der Waals surface area contributed by atoms with E-state index in [2.05, 4.69) is 25.3 Å². The summed E-state index contributed by atoms with van der Waals surface area (Å²) in [6, 6.07) is 0.986. The molecular formula is C16H34ClNO2Si. The Labute approximate surface area is 136 Å². The van der Waals surface area contributed by atoms with Gasteiger partial charge in [-0.25, -0.2) is 4.79 Å². The molecule has 126 valence electrons. The number of hydrogen-bond donors (Lipinski definition) is 1. The molecule has 0 unspecified atom stereocenters. The van der Waals surface area contributed by atoms with Crippen LogP contribution in [0.5, 0.6) is 0 Å². The number of ether oxygens (including phenoxy) is 1. The van der Waals surface area contributed by atoms with E-state index in [9.17, 15) is 4.79 Å². The van der Waals surface area contributed by atoms with E-state index >= 15 is 0 Å². The Hall–Kier alpha value is -0.223. The summed E-state index contributed by atoms with van der Waals surface area (Å²) in [4.78, 5) is 11.4. The van der Waals surface area contributed by atoms with Crippen molar-refractivity contribution in [3.63, 3.8) is 0 Å². The summed E-state index contributed by atoms with van der Waals surface area (Å²) in [5.74, 6) is 0. The van der Waals surface area contributed by atoms with E-state index in [4.69, 9.17) is 15.8 Å². The second-order valence-corrected chi connectivity index (χ2v) is 13.4. The summed E-state index contributed by atoms with van der Waals surface area (Å²) < 4.78 is 5.12. The van der Waals surface area contributed by atoms with Crippen LogP contribution in [0.2, 0.25) is 19.1 Å². The van der Waals surface area contributed by atoms with Gasteiger partial charge in [0.05, 0.1) is 6.61 Å². The number of carbonyl (C=O) groups excluding carboxylic acids is 1. The van der Waals surface area contributed by atoms with E-state index in [1.165, 1.54) is 44.9 Å². The molecule has 0 aliphatic rings. The fourth-order valence-corrected chi connectivity index (χ4v) is 3.54. The Morgan fingerprint density at radius 1 is 1.00 bits per heavy atom. The minimum Gasteiger partial charge on any atom is -0.450 e. The molecule has 0 radical (unpaired) electrons. The first-order valence-corrected chi connectivity index (χ1v) is 12.8. The van der Waals surface area contributed by atoms with Crippen LogP contribution < -0.4 is 5.32 Å². The van der Waals surface area contributed by atoms with Crippen molar-refractivity contribution in [1.82, 2.24) is 5.32 Å². The molecule has 0 fully saturated rings. The molecule has 0 saturated heterocycles. The van der Waals surface area contributed by atoms with E-state index in [-0.39, 0.29) is 6.09 Å². The first-order valence-electron chi connectivity index (χ1n) is 8.55. The van der Waals surface area contributed by atoms with E-state index in [0.29, 0.717) is 6.61 Å².